The molecule has 2 fully saturated rings. The summed E-state index contributed by atoms with van der Waals surface area (Å²) in [5, 5.41) is 0. The number of primary amides is 1. The second-order valence-electron chi connectivity index (χ2n) is 6.46. The Morgan fingerprint density at radius 3 is 2.73 bits per heavy atom. The number of halogens is 1. The van der Waals surface area contributed by atoms with Crippen molar-refractivity contribution in [3.05, 3.63) is 29.6 Å². The molecule has 120 valence electrons. The van der Waals surface area contributed by atoms with Crippen LogP contribution in [0.5, 0.6) is 5.75 Å². The predicted molar refractivity (Wildman–Crippen MR) is 81.9 cm³/mol. The molecule has 0 aromatic heterocycles. The van der Waals surface area contributed by atoms with Crippen LogP contribution in [0, 0.1) is 11.7 Å². The van der Waals surface area contributed by atoms with Crippen molar-refractivity contribution in [1.82, 2.24) is 4.90 Å². The molecule has 1 saturated carbocycles. The van der Waals surface area contributed by atoms with Gasteiger partial charge in [0.25, 0.3) is 0 Å². The topological polar surface area (TPSA) is 55.6 Å². The molecule has 0 unspecified atom stereocenters. The third-order valence-electron chi connectivity index (χ3n) is 4.61. The minimum absolute atomic E-state index is 0.000821. The SMILES string of the molecule is NC(=O)CC1CC(Oc2cccc(CN3CCCC3)c2F)C1. The van der Waals surface area contributed by atoms with E-state index in [1.807, 2.05) is 12.1 Å². The van der Waals surface area contributed by atoms with E-state index < -0.39 is 0 Å². The average molecular weight is 306 g/mol. The molecule has 1 aliphatic heterocycles. The van der Waals surface area contributed by atoms with Gasteiger partial charge in [-0.25, -0.2) is 4.39 Å². The lowest BCUT2D eigenvalue weighted by molar-refractivity contribution is -0.120. The highest BCUT2D eigenvalue weighted by molar-refractivity contribution is 5.74. The van der Waals surface area contributed by atoms with Crippen molar-refractivity contribution >= 4 is 5.91 Å². The Labute approximate surface area is 130 Å². The second-order valence-corrected chi connectivity index (χ2v) is 6.46. The van der Waals surface area contributed by atoms with Gasteiger partial charge in [-0.05, 0) is 50.8 Å². The van der Waals surface area contributed by atoms with Gasteiger partial charge < -0.3 is 10.5 Å². The molecule has 0 bridgehead atoms. The van der Waals surface area contributed by atoms with Gasteiger partial charge in [-0.15, -0.1) is 0 Å². The van der Waals surface area contributed by atoms with Crippen LogP contribution in [0.15, 0.2) is 18.2 Å². The number of amides is 1. The first-order valence-electron chi connectivity index (χ1n) is 8.06. The number of carbonyl (C=O) groups excluding carboxylic acids is 1. The van der Waals surface area contributed by atoms with Crippen molar-refractivity contribution in [2.75, 3.05) is 13.1 Å². The third kappa shape index (κ3) is 3.58. The summed E-state index contributed by atoms with van der Waals surface area (Å²) in [6.45, 7) is 2.74. The molecule has 2 aliphatic rings. The Kier molecular flexibility index (Phi) is 4.62. The molecule has 0 atom stereocenters. The van der Waals surface area contributed by atoms with Crippen molar-refractivity contribution in [3.8, 4) is 5.75 Å². The maximum atomic E-state index is 14.5. The minimum atomic E-state index is -0.276. The molecule has 3 rings (SSSR count). The van der Waals surface area contributed by atoms with Crippen molar-refractivity contribution in [1.29, 1.82) is 0 Å². The predicted octanol–water partition coefficient (Wildman–Crippen LogP) is 2.45. The first kappa shape index (κ1) is 15.3. The number of benzene rings is 1. The van der Waals surface area contributed by atoms with Gasteiger partial charge in [0.05, 0.1) is 6.10 Å². The molecule has 1 aromatic rings. The fourth-order valence-electron chi connectivity index (χ4n) is 3.35. The monoisotopic (exact) mass is 306 g/mol. The molecule has 1 aromatic carbocycles. The molecule has 4 nitrogen and oxygen atoms in total. The normalized spacial score (nSPS) is 25.0. The number of carbonyl (C=O) groups is 1. The maximum Gasteiger partial charge on any atom is 0.217 e. The smallest absolute Gasteiger partial charge is 0.217 e. The van der Waals surface area contributed by atoms with Crippen LogP contribution >= 0.6 is 0 Å². The summed E-state index contributed by atoms with van der Waals surface area (Å²) in [7, 11) is 0. The largest absolute Gasteiger partial charge is 0.487 e. The highest BCUT2D eigenvalue weighted by Gasteiger charge is 2.32. The zero-order chi connectivity index (χ0) is 15.5. The van der Waals surface area contributed by atoms with Crippen LogP contribution in [0.2, 0.25) is 0 Å². The molecule has 5 heteroatoms. The van der Waals surface area contributed by atoms with Crippen LogP contribution in [-0.4, -0.2) is 30.0 Å². The van der Waals surface area contributed by atoms with Crippen molar-refractivity contribution < 1.29 is 13.9 Å². The zero-order valence-corrected chi connectivity index (χ0v) is 12.8. The number of rotatable bonds is 6. The molecule has 2 N–H and O–H groups in total. The second kappa shape index (κ2) is 6.65. The molecular formula is C17H23FN2O2. The number of hydrogen-bond donors (Lipinski definition) is 1. The van der Waals surface area contributed by atoms with E-state index in [2.05, 4.69) is 4.90 Å². The quantitative estimate of drug-likeness (QED) is 0.878. The van der Waals surface area contributed by atoms with E-state index in [1.54, 1.807) is 6.07 Å². The highest BCUT2D eigenvalue weighted by Crippen LogP contribution is 2.35. The van der Waals surface area contributed by atoms with E-state index in [9.17, 15) is 9.18 Å². The zero-order valence-electron chi connectivity index (χ0n) is 12.8. The van der Waals surface area contributed by atoms with E-state index in [1.165, 1.54) is 12.8 Å². The van der Waals surface area contributed by atoms with Gasteiger partial charge in [-0.2, -0.15) is 0 Å². The van der Waals surface area contributed by atoms with Gasteiger partial charge in [0.1, 0.15) is 0 Å². The van der Waals surface area contributed by atoms with Crippen LogP contribution in [0.1, 0.15) is 37.7 Å². The lowest BCUT2D eigenvalue weighted by Gasteiger charge is -2.34. The third-order valence-corrected chi connectivity index (χ3v) is 4.61. The van der Waals surface area contributed by atoms with Crippen LogP contribution in [0.25, 0.3) is 0 Å². The summed E-state index contributed by atoms with van der Waals surface area (Å²) in [6, 6.07) is 5.37. The number of hydrogen-bond acceptors (Lipinski definition) is 3. The van der Waals surface area contributed by atoms with E-state index in [0.717, 1.165) is 25.9 Å². The van der Waals surface area contributed by atoms with Crippen molar-refractivity contribution in [3.63, 3.8) is 0 Å². The summed E-state index contributed by atoms with van der Waals surface area (Å²) in [5.41, 5.74) is 5.88. The van der Waals surface area contributed by atoms with Crippen LogP contribution in [-0.2, 0) is 11.3 Å². The Morgan fingerprint density at radius 1 is 1.32 bits per heavy atom. The summed E-state index contributed by atoms with van der Waals surface area (Å²) in [5.74, 6) is 0.104. The summed E-state index contributed by atoms with van der Waals surface area (Å²) < 4.78 is 20.3. The van der Waals surface area contributed by atoms with Gasteiger partial charge >= 0.3 is 0 Å². The fourth-order valence-corrected chi connectivity index (χ4v) is 3.35. The molecule has 1 amide bonds. The van der Waals surface area contributed by atoms with Gasteiger partial charge in [-0.3, -0.25) is 9.69 Å². The Bertz CT molecular complexity index is 537. The minimum Gasteiger partial charge on any atom is -0.487 e. The maximum absolute atomic E-state index is 14.5. The summed E-state index contributed by atoms with van der Waals surface area (Å²) in [4.78, 5) is 13.1. The van der Waals surface area contributed by atoms with Gasteiger partial charge in [0.2, 0.25) is 5.91 Å². The van der Waals surface area contributed by atoms with E-state index >= 15 is 0 Å². The Balaban J connectivity index is 1.56. The van der Waals surface area contributed by atoms with Gasteiger partial charge in [0, 0.05) is 18.5 Å². The van der Waals surface area contributed by atoms with Crippen molar-refractivity contribution in [2.24, 2.45) is 11.7 Å². The van der Waals surface area contributed by atoms with Gasteiger partial charge in [-0.1, -0.05) is 12.1 Å². The van der Waals surface area contributed by atoms with Crippen molar-refractivity contribution in [2.45, 2.75) is 44.8 Å². The van der Waals surface area contributed by atoms with E-state index in [0.29, 0.717) is 30.2 Å². The van der Waals surface area contributed by atoms with Crippen LogP contribution in [0.3, 0.4) is 0 Å². The Hall–Kier alpha value is -1.62. The first-order valence-corrected chi connectivity index (χ1v) is 8.06. The molecule has 22 heavy (non-hydrogen) atoms. The number of likely N-dealkylation sites (tertiary alicyclic amines) is 1. The summed E-state index contributed by atoms with van der Waals surface area (Å²) in [6.07, 6.45) is 4.35. The lowest BCUT2D eigenvalue weighted by atomic mass is 9.80. The molecular weight excluding hydrogens is 283 g/mol. The fraction of sp³-hybridized carbons (Fsp3) is 0.588. The summed E-state index contributed by atoms with van der Waals surface area (Å²) >= 11 is 0. The number of ether oxygens (including phenoxy) is 1. The molecule has 1 aliphatic carbocycles. The number of nitrogens with zero attached hydrogens (tertiary/aromatic N) is 1. The number of nitrogens with two attached hydrogens (primary N) is 1. The first-order chi connectivity index (χ1) is 10.6. The van der Waals surface area contributed by atoms with Crippen LogP contribution in [0.4, 0.5) is 4.39 Å². The molecule has 1 heterocycles. The average Bonchev–Trinajstić information content (AvgIpc) is 2.93. The molecule has 0 spiro atoms. The van der Waals surface area contributed by atoms with Gasteiger partial charge in [0.15, 0.2) is 11.6 Å². The van der Waals surface area contributed by atoms with E-state index in [4.69, 9.17) is 10.5 Å². The van der Waals surface area contributed by atoms with Crippen LogP contribution < -0.4 is 10.5 Å². The molecule has 1 saturated heterocycles. The Morgan fingerprint density at radius 2 is 2.05 bits per heavy atom. The lowest BCUT2D eigenvalue weighted by Crippen LogP contribution is -2.36. The standard InChI is InChI=1S/C17H23FN2O2/c18-17-13(11-20-6-1-2-7-20)4-3-5-15(17)22-14-8-12(9-14)10-16(19)21/h3-5,12,14H,1-2,6-11H2,(H2,19,21). The highest BCUT2D eigenvalue weighted by atomic mass is 19.1. The van der Waals surface area contributed by atoms with E-state index in [-0.39, 0.29) is 17.8 Å². The molecule has 0 radical (unpaired) electrons.